The third-order valence-electron chi connectivity index (χ3n) is 3.00. The molecular weight excluding hydrogens is 306 g/mol. The molecule has 4 heteroatoms. The van der Waals surface area contributed by atoms with Crippen LogP contribution in [-0.4, -0.2) is 15.0 Å². The highest BCUT2D eigenvalue weighted by molar-refractivity contribution is 7.89. The molecule has 0 saturated carbocycles. The normalized spacial score (nSPS) is 10.1. The second-order valence-electron chi connectivity index (χ2n) is 4.88. The van der Waals surface area contributed by atoms with Crippen LogP contribution in [0.3, 0.4) is 0 Å². The van der Waals surface area contributed by atoms with E-state index in [1.165, 1.54) is 0 Å². The first-order valence-electron chi connectivity index (χ1n) is 7.18. The van der Waals surface area contributed by atoms with E-state index in [1.54, 1.807) is 24.3 Å². The second kappa shape index (κ2) is 8.19. The van der Waals surface area contributed by atoms with Gasteiger partial charge in [-0.2, -0.15) is 0 Å². The molecule has 0 fully saturated rings. The molecular formula is C19H17NO2S. The number of aryl methyl sites for hydroxylation is 1. The summed E-state index contributed by atoms with van der Waals surface area (Å²) in [5, 5.41) is 0. The number of sulfonamides is 1. The summed E-state index contributed by atoms with van der Waals surface area (Å²) in [5.74, 6) is 11.2. The van der Waals surface area contributed by atoms with Crippen LogP contribution in [0.4, 0.5) is 0 Å². The van der Waals surface area contributed by atoms with E-state index in [9.17, 15) is 8.42 Å². The highest BCUT2D eigenvalue weighted by atomic mass is 32.2. The van der Waals surface area contributed by atoms with Gasteiger partial charge in [-0.15, -0.1) is 0 Å². The highest BCUT2D eigenvalue weighted by Gasteiger charge is 2.11. The van der Waals surface area contributed by atoms with Crippen LogP contribution in [0.15, 0.2) is 59.5 Å². The van der Waals surface area contributed by atoms with Gasteiger partial charge in [0.05, 0.1) is 4.90 Å². The summed E-state index contributed by atoms with van der Waals surface area (Å²) < 4.78 is 26.6. The van der Waals surface area contributed by atoms with Gasteiger partial charge in [0.15, 0.2) is 0 Å². The van der Waals surface area contributed by atoms with Crippen molar-refractivity contribution in [3.63, 3.8) is 0 Å². The minimum absolute atomic E-state index is 0.260. The maximum atomic E-state index is 12.0. The monoisotopic (exact) mass is 323 g/mol. The van der Waals surface area contributed by atoms with Crippen molar-refractivity contribution in [1.82, 2.24) is 4.72 Å². The van der Waals surface area contributed by atoms with Gasteiger partial charge in [0.25, 0.3) is 0 Å². The van der Waals surface area contributed by atoms with Crippen LogP contribution >= 0.6 is 0 Å². The quantitative estimate of drug-likeness (QED) is 0.695. The first kappa shape index (κ1) is 16.8. The van der Waals surface area contributed by atoms with Gasteiger partial charge in [-0.05, 0) is 43.0 Å². The molecule has 0 spiro atoms. The lowest BCUT2D eigenvalue weighted by Crippen LogP contribution is -2.24. The number of benzene rings is 2. The lowest BCUT2D eigenvalue weighted by molar-refractivity contribution is 0.582. The molecule has 2 rings (SSSR count). The Morgan fingerprint density at radius 3 is 2.35 bits per heavy atom. The van der Waals surface area contributed by atoms with Gasteiger partial charge in [0.1, 0.15) is 0 Å². The largest absolute Gasteiger partial charge is 0.240 e. The van der Waals surface area contributed by atoms with E-state index in [0.717, 1.165) is 11.1 Å². The zero-order valence-corrected chi connectivity index (χ0v) is 13.7. The van der Waals surface area contributed by atoms with Gasteiger partial charge in [-0.25, -0.2) is 13.1 Å². The Hall–Kier alpha value is -2.53. The zero-order chi connectivity index (χ0) is 16.5. The molecule has 116 valence electrons. The van der Waals surface area contributed by atoms with Crippen LogP contribution in [0.1, 0.15) is 17.5 Å². The van der Waals surface area contributed by atoms with Gasteiger partial charge >= 0.3 is 0 Å². The molecule has 3 nitrogen and oxygen atoms in total. The average Bonchev–Trinajstić information content (AvgIpc) is 2.55. The maximum absolute atomic E-state index is 12.0. The Balaban J connectivity index is 1.83. The summed E-state index contributed by atoms with van der Waals surface area (Å²) in [5.41, 5.74) is 1.92. The van der Waals surface area contributed by atoms with Crippen LogP contribution < -0.4 is 4.72 Å². The second-order valence-corrected chi connectivity index (χ2v) is 6.65. The minimum Gasteiger partial charge on any atom is -0.210 e. The molecule has 0 saturated heterocycles. The van der Waals surface area contributed by atoms with E-state index in [-0.39, 0.29) is 11.4 Å². The lowest BCUT2D eigenvalue weighted by atomic mass is 10.2. The van der Waals surface area contributed by atoms with Gasteiger partial charge in [-0.3, -0.25) is 0 Å². The summed E-state index contributed by atoms with van der Waals surface area (Å²) in [7, 11) is -3.47. The average molecular weight is 323 g/mol. The Labute approximate surface area is 137 Å². The lowest BCUT2D eigenvalue weighted by Gasteiger charge is -2.05. The molecule has 0 radical (unpaired) electrons. The summed E-state index contributed by atoms with van der Waals surface area (Å²) in [4.78, 5) is 0.264. The predicted octanol–water partition coefficient (Wildman–Crippen LogP) is 2.72. The molecule has 1 N–H and O–H groups in total. The molecule has 0 aliphatic heterocycles. The number of hydrogen-bond acceptors (Lipinski definition) is 2. The highest BCUT2D eigenvalue weighted by Crippen LogP contribution is 2.09. The third-order valence-corrected chi connectivity index (χ3v) is 4.48. The van der Waals surface area contributed by atoms with E-state index in [1.807, 2.05) is 37.3 Å². The van der Waals surface area contributed by atoms with Crippen molar-refractivity contribution in [3.05, 3.63) is 65.7 Å². The molecule has 0 aliphatic rings. The van der Waals surface area contributed by atoms with Crippen LogP contribution in [0.5, 0.6) is 0 Å². The fourth-order valence-electron chi connectivity index (χ4n) is 1.78. The molecule has 0 unspecified atom stereocenters. The van der Waals surface area contributed by atoms with Crippen molar-refractivity contribution in [2.75, 3.05) is 6.54 Å². The Morgan fingerprint density at radius 1 is 0.957 bits per heavy atom. The van der Waals surface area contributed by atoms with Gasteiger partial charge in [0.2, 0.25) is 10.0 Å². The van der Waals surface area contributed by atoms with Crippen molar-refractivity contribution in [1.29, 1.82) is 0 Å². The SMILES string of the molecule is Cc1ccc(S(=O)(=O)NCCC#CC#Cc2ccccc2)cc1. The molecule has 0 atom stereocenters. The number of hydrogen-bond donors (Lipinski definition) is 1. The van der Waals surface area contributed by atoms with Crippen molar-refractivity contribution in [2.45, 2.75) is 18.2 Å². The van der Waals surface area contributed by atoms with Crippen molar-refractivity contribution in [2.24, 2.45) is 0 Å². The fourth-order valence-corrected chi connectivity index (χ4v) is 2.81. The number of nitrogens with one attached hydrogen (secondary N) is 1. The smallest absolute Gasteiger partial charge is 0.210 e. The molecule has 0 bridgehead atoms. The van der Waals surface area contributed by atoms with E-state index >= 15 is 0 Å². The first-order chi connectivity index (χ1) is 11.1. The van der Waals surface area contributed by atoms with Crippen molar-refractivity contribution < 1.29 is 8.42 Å². The zero-order valence-electron chi connectivity index (χ0n) is 12.8. The van der Waals surface area contributed by atoms with E-state index in [0.29, 0.717) is 6.42 Å². The van der Waals surface area contributed by atoms with Gasteiger partial charge < -0.3 is 0 Å². The topological polar surface area (TPSA) is 46.2 Å². The fraction of sp³-hybridized carbons (Fsp3) is 0.158. The van der Waals surface area contributed by atoms with Crippen molar-refractivity contribution >= 4 is 10.0 Å². The van der Waals surface area contributed by atoms with E-state index < -0.39 is 10.0 Å². The molecule has 23 heavy (non-hydrogen) atoms. The summed E-state index contributed by atoms with van der Waals surface area (Å²) >= 11 is 0. The van der Waals surface area contributed by atoms with Crippen LogP contribution in [-0.2, 0) is 10.0 Å². The van der Waals surface area contributed by atoms with E-state index in [4.69, 9.17) is 0 Å². The molecule has 2 aromatic rings. The molecule has 0 aliphatic carbocycles. The summed E-state index contributed by atoms with van der Waals surface area (Å²) in [6.45, 7) is 2.17. The van der Waals surface area contributed by atoms with E-state index in [2.05, 4.69) is 28.4 Å². The maximum Gasteiger partial charge on any atom is 0.240 e. The van der Waals surface area contributed by atoms with Crippen LogP contribution in [0, 0.1) is 30.6 Å². The molecule has 0 aromatic heterocycles. The molecule has 0 amide bonds. The summed E-state index contributed by atoms with van der Waals surface area (Å²) in [6, 6.07) is 16.3. The minimum atomic E-state index is -3.47. The third kappa shape index (κ3) is 5.64. The van der Waals surface area contributed by atoms with Gasteiger partial charge in [-0.1, -0.05) is 47.7 Å². The molecule has 2 aromatic carbocycles. The Morgan fingerprint density at radius 2 is 1.65 bits per heavy atom. The van der Waals surface area contributed by atoms with Crippen LogP contribution in [0.25, 0.3) is 0 Å². The number of rotatable bonds is 4. The van der Waals surface area contributed by atoms with Gasteiger partial charge in [0, 0.05) is 18.5 Å². The Kier molecular flexibility index (Phi) is 6.00. The molecule has 0 heterocycles. The van der Waals surface area contributed by atoms with Crippen molar-refractivity contribution in [3.8, 4) is 23.7 Å². The summed E-state index contributed by atoms with van der Waals surface area (Å²) in [6.07, 6.45) is 0.411. The first-order valence-corrected chi connectivity index (χ1v) is 8.66. The van der Waals surface area contributed by atoms with Crippen LogP contribution in [0.2, 0.25) is 0 Å². The standard InChI is InChI=1S/C19H17NO2S/c1-17-12-14-19(15-13-17)23(21,22)20-16-8-3-2-5-9-18-10-6-4-7-11-18/h4,6-7,10-15,20H,8,16H2,1H3. The Bertz CT molecular complexity index is 862. The predicted molar refractivity (Wildman–Crippen MR) is 92.1 cm³/mol.